The number of aryl methyl sites for hydroxylation is 2. The molecule has 0 heterocycles. The van der Waals surface area contributed by atoms with E-state index in [0.29, 0.717) is 6.54 Å². The second kappa shape index (κ2) is 4.69. The van der Waals surface area contributed by atoms with Gasteiger partial charge in [-0.05, 0) is 30.5 Å². The van der Waals surface area contributed by atoms with Crippen molar-refractivity contribution in [3.63, 3.8) is 0 Å². The average Bonchev–Trinajstić information content (AvgIpc) is 2.12. The molecule has 0 radical (unpaired) electrons. The molecule has 0 aliphatic heterocycles. The van der Waals surface area contributed by atoms with Crippen LogP contribution < -0.4 is 5.32 Å². The van der Waals surface area contributed by atoms with Crippen molar-refractivity contribution in [2.75, 3.05) is 6.54 Å². The molecule has 0 aliphatic rings. The predicted octanol–water partition coefficient (Wildman–Crippen LogP) is 2.03. The van der Waals surface area contributed by atoms with Crippen LogP contribution in [0.4, 0.5) is 0 Å². The summed E-state index contributed by atoms with van der Waals surface area (Å²) in [6.45, 7) is 5.73. The zero-order chi connectivity index (χ0) is 9.68. The van der Waals surface area contributed by atoms with Gasteiger partial charge < -0.3 is 5.32 Å². The minimum Gasteiger partial charge on any atom is -0.302 e. The fourth-order valence-electron chi connectivity index (χ4n) is 1.19. The van der Waals surface area contributed by atoms with Gasteiger partial charge in [-0.2, -0.15) is 0 Å². The van der Waals surface area contributed by atoms with Crippen LogP contribution in [0, 0.1) is 26.2 Å². The second-order valence-electron chi connectivity index (χ2n) is 3.23. The van der Waals surface area contributed by atoms with Gasteiger partial charge in [-0.25, -0.2) is 0 Å². The van der Waals surface area contributed by atoms with E-state index < -0.39 is 0 Å². The van der Waals surface area contributed by atoms with Gasteiger partial charge in [0.15, 0.2) is 0 Å². The first-order chi connectivity index (χ1) is 6.24. The topological polar surface area (TPSA) is 12.0 Å². The molecule has 1 aromatic carbocycles. The zero-order valence-electron chi connectivity index (χ0n) is 8.22. The van der Waals surface area contributed by atoms with E-state index >= 15 is 0 Å². The summed E-state index contributed by atoms with van der Waals surface area (Å²) in [5.41, 5.74) is 3.96. The van der Waals surface area contributed by atoms with E-state index in [1.807, 2.05) is 0 Å². The maximum atomic E-state index is 5.13. The minimum absolute atomic E-state index is 0.632. The normalized spacial score (nSPS) is 9.62. The van der Waals surface area contributed by atoms with Crippen molar-refractivity contribution in [3.8, 4) is 12.3 Å². The van der Waals surface area contributed by atoms with E-state index in [9.17, 15) is 0 Å². The van der Waals surface area contributed by atoms with E-state index in [2.05, 4.69) is 43.3 Å². The molecule has 0 bridgehead atoms. The van der Waals surface area contributed by atoms with Crippen LogP contribution in [-0.4, -0.2) is 6.54 Å². The Labute approximate surface area is 80.2 Å². The number of hydrogen-bond donors (Lipinski definition) is 1. The molecule has 0 saturated heterocycles. The molecule has 68 valence electrons. The van der Waals surface area contributed by atoms with Gasteiger partial charge in [0, 0.05) is 6.54 Å². The monoisotopic (exact) mass is 173 g/mol. The van der Waals surface area contributed by atoms with E-state index in [1.165, 1.54) is 16.7 Å². The summed E-state index contributed by atoms with van der Waals surface area (Å²) in [4.78, 5) is 0. The Bertz CT molecular complexity index is 320. The fourth-order valence-corrected chi connectivity index (χ4v) is 1.19. The summed E-state index contributed by atoms with van der Waals surface area (Å²) in [7, 11) is 0. The first kappa shape index (κ1) is 9.83. The first-order valence-corrected chi connectivity index (χ1v) is 4.44. The van der Waals surface area contributed by atoms with E-state index in [0.717, 1.165) is 6.54 Å². The Balaban J connectivity index is 2.59. The number of benzene rings is 1. The Hall–Kier alpha value is -1.26. The average molecular weight is 173 g/mol. The molecule has 1 rings (SSSR count). The molecule has 0 saturated carbocycles. The van der Waals surface area contributed by atoms with Crippen LogP contribution in [0.5, 0.6) is 0 Å². The Kier molecular flexibility index (Phi) is 3.54. The fraction of sp³-hybridized carbons (Fsp3) is 0.333. The molecule has 0 amide bonds. The van der Waals surface area contributed by atoms with Crippen LogP contribution in [0.2, 0.25) is 0 Å². The molecule has 1 aromatic rings. The van der Waals surface area contributed by atoms with Crippen molar-refractivity contribution >= 4 is 0 Å². The summed E-state index contributed by atoms with van der Waals surface area (Å²) in [5.74, 6) is 2.55. The Morgan fingerprint density at radius 2 is 2.08 bits per heavy atom. The van der Waals surface area contributed by atoms with Crippen molar-refractivity contribution < 1.29 is 0 Å². The van der Waals surface area contributed by atoms with Crippen molar-refractivity contribution in [2.24, 2.45) is 0 Å². The molecule has 0 atom stereocenters. The van der Waals surface area contributed by atoms with Crippen molar-refractivity contribution in [1.82, 2.24) is 5.32 Å². The van der Waals surface area contributed by atoms with Crippen LogP contribution in [0.3, 0.4) is 0 Å². The maximum absolute atomic E-state index is 5.13. The molecule has 0 spiro atoms. The Morgan fingerprint density at radius 3 is 2.69 bits per heavy atom. The number of rotatable bonds is 3. The van der Waals surface area contributed by atoms with Gasteiger partial charge in [-0.3, -0.25) is 0 Å². The SMILES string of the molecule is C#CCNCc1ccc(C)c(C)c1. The van der Waals surface area contributed by atoms with Crippen molar-refractivity contribution in [1.29, 1.82) is 0 Å². The molecular weight excluding hydrogens is 158 g/mol. The molecule has 0 unspecified atom stereocenters. The van der Waals surface area contributed by atoms with E-state index in [1.54, 1.807) is 0 Å². The van der Waals surface area contributed by atoms with Crippen molar-refractivity contribution in [2.45, 2.75) is 20.4 Å². The zero-order valence-corrected chi connectivity index (χ0v) is 8.22. The summed E-state index contributed by atoms with van der Waals surface area (Å²) in [6, 6.07) is 6.47. The summed E-state index contributed by atoms with van der Waals surface area (Å²) < 4.78 is 0. The van der Waals surface area contributed by atoms with Crippen molar-refractivity contribution in [3.05, 3.63) is 34.9 Å². The molecule has 1 nitrogen and oxygen atoms in total. The highest BCUT2D eigenvalue weighted by atomic mass is 14.8. The summed E-state index contributed by atoms with van der Waals surface area (Å²) in [5, 5.41) is 3.16. The highest BCUT2D eigenvalue weighted by Gasteiger charge is 1.94. The predicted molar refractivity (Wildman–Crippen MR) is 56.5 cm³/mol. The maximum Gasteiger partial charge on any atom is 0.0576 e. The van der Waals surface area contributed by atoms with Crippen LogP contribution in [0.1, 0.15) is 16.7 Å². The number of hydrogen-bond acceptors (Lipinski definition) is 1. The van der Waals surface area contributed by atoms with Gasteiger partial charge in [0.25, 0.3) is 0 Å². The molecule has 0 fully saturated rings. The van der Waals surface area contributed by atoms with Gasteiger partial charge in [0.1, 0.15) is 0 Å². The number of nitrogens with one attached hydrogen (secondary N) is 1. The lowest BCUT2D eigenvalue weighted by Gasteiger charge is -2.04. The third-order valence-electron chi connectivity index (χ3n) is 2.13. The molecule has 13 heavy (non-hydrogen) atoms. The third kappa shape index (κ3) is 2.93. The molecule has 0 aromatic heterocycles. The molecule has 1 heteroatoms. The van der Waals surface area contributed by atoms with Crippen LogP contribution >= 0.6 is 0 Å². The van der Waals surface area contributed by atoms with Crippen LogP contribution in [0.25, 0.3) is 0 Å². The molecule has 1 N–H and O–H groups in total. The van der Waals surface area contributed by atoms with Gasteiger partial charge >= 0.3 is 0 Å². The highest BCUT2D eigenvalue weighted by Crippen LogP contribution is 2.09. The van der Waals surface area contributed by atoms with Crippen LogP contribution in [0.15, 0.2) is 18.2 Å². The lowest BCUT2D eigenvalue weighted by molar-refractivity contribution is 0.769. The lowest BCUT2D eigenvalue weighted by Crippen LogP contribution is -2.12. The summed E-state index contributed by atoms with van der Waals surface area (Å²) in [6.07, 6.45) is 5.13. The standard InChI is InChI=1S/C12H15N/c1-4-7-13-9-12-6-5-10(2)11(3)8-12/h1,5-6,8,13H,7,9H2,2-3H3. The quantitative estimate of drug-likeness (QED) is 0.544. The Morgan fingerprint density at radius 1 is 1.31 bits per heavy atom. The summed E-state index contributed by atoms with van der Waals surface area (Å²) >= 11 is 0. The van der Waals surface area contributed by atoms with E-state index in [-0.39, 0.29) is 0 Å². The second-order valence-corrected chi connectivity index (χ2v) is 3.23. The van der Waals surface area contributed by atoms with Gasteiger partial charge in [-0.15, -0.1) is 6.42 Å². The lowest BCUT2D eigenvalue weighted by atomic mass is 10.1. The third-order valence-corrected chi connectivity index (χ3v) is 2.13. The van der Waals surface area contributed by atoms with Gasteiger partial charge in [0.2, 0.25) is 0 Å². The largest absolute Gasteiger partial charge is 0.302 e. The van der Waals surface area contributed by atoms with E-state index in [4.69, 9.17) is 6.42 Å². The smallest absolute Gasteiger partial charge is 0.0576 e. The molecular formula is C12H15N. The molecule has 0 aliphatic carbocycles. The minimum atomic E-state index is 0.632. The highest BCUT2D eigenvalue weighted by molar-refractivity contribution is 5.29. The van der Waals surface area contributed by atoms with Gasteiger partial charge in [0.05, 0.1) is 6.54 Å². The van der Waals surface area contributed by atoms with Crippen LogP contribution in [-0.2, 0) is 6.54 Å². The van der Waals surface area contributed by atoms with Gasteiger partial charge in [-0.1, -0.05) is 24.1 Å². The first-order valence-electron chi connectivity index (χ1n) is 4.44. The number of terminal acetylenes is 1.